The molecular formula is C22H21FN6O3S. The summed E-state index contributed by atoms with van der Waals surface area (Å²) in [5.41, 5.74) is 2.66. The minimum atomic E-state index is -1.14. The summed E-state index contributed by atoms with van der Waals surface area (Å²) in [5, 5.41) is 15.6. The van der Waals surface area contributed by atoms with E-state index in [1.165, 1.54) is 11.3 Å². The van der Waals surface area contributed by atoms with Gasteiger partial charge in [0.05, 0.1) is 15.9 Å². The van der Waals surface area contributed by atoms with Crippen LogP contribution in [0.15, 0.2) is 48.9 Å². The van der Waals surface area contributed by atoms with E-state index in [0.717, 1.165) is 27.1 Å². The molecule has 4 aromatic rings. The van der Waals surface area contributed by atoms with Gasteiger partial charge < -0.3 is 10.4 Å². The Balaban J connectivity index is 1.74. The SMILES string of the molecule is CC(C)(O)c1ncc(-c2cc(-c3ccccn3)c3sc(NC(=O)NCCOF)nc3c2)cn1. The van der Waals surface area contributed by atoms with E-state index in [1.54, 1.807) is 32.4 Å². The predicted molar refractivity (Wildman–Crippen MR) is 123 cm³/mol. The first-order valence-electron chi connectivity index (χ1n) is 10.0. The van der Waals surface area contributed by atoms with Crippen LogP contribution in [0.4, 0.5) is 14.5 Å². The van der Waals surface area contributed by atoms with E-state index in [1.807, 2.05) is 30.3 Å². The molecule has 1 aromatic carbocycles. The first-order valence-corrected chi connectivity index (χ1v) is 10.9. The molecule has 0 unspecified atom stereocenters. The Morgan fingerprint density at radius 1 is 1.18 bits per heavy atom. The number of hydrogen-bond acceptors (Lipinski definition) is 8. The molecule has 0 fully saturated rings. The molecule has 0 saturated heterocycles. The molecule has 0 atom stereocenters. The minimum Gasteiger partial charge on any atom is -0.382 e. The second kappa shape index (κ2) is 9.53. The lowest BCUT2D eigenvalue weighted by atomic mass is 10.0. The van der Waals surface area contributed by atoms with Crippen LogP contribution in [-0.2, 0) is 10.5 Å². The number of rotatable bonds is 7. The van der Waals surface area contributed by atoms with Crippen LogP contribution < -0.4 is 10.6 Å². The van der Waals surface area contributed by atoms with E-state index in [9.17, 15) is 14.4 Å². The molecular weight excluding hydrogens is 447 g/mol. The van der Waals surface area contributed by atoms with E-state index >= 15 is 0 Å². The lowest BCUT2D eigenvalue weighted by molar-refractivity contribution is -0.129. The third-order valence-electron chi connectivity index (χ3n) is 4.65. The number of benzene rings is 1. The highest BCUT2D eigenvalue weighted by atomic mass is 32.1. The number of amides is 2. The first-order chi connectivity index (χ1) is 15.8. The number of nitrogens with zero attached hydrogens (tertiary/aromatic N) is 4. The van der Waals surface area contributed by atoms with Gasteiger partial charge in [0.2, 0.25) is 0 Å². The van der Waals surface area contributed by atoms with Crippen LogP contribution >= 0.6 is 11.3 Å². The summed E-state index contributed by atoms with van der Waals surface area (Å²) in [4.78, 5) is 33.1. The summed E-state index contributed by atoms with van der Waals surface area (Å²) in [6.45, 7) is 3.03. The Hall–Kier alpha value is -3.54. The minimum absolute atomic E-state index is 0.0250. The van der Waals surface area contributed by atoms with Gasteiger partial charge in [-0.15, -0.1) is 0 Å². The average molecular weight is 469 g/mol. The number of aliphatic hydroxyl groups is 1. The van der Waals surface area contributed by atoms with Crippen molar-refractivity contribution in [3.63, 3.8) is 0 Å². The van der Waals surface area contributed by atoms with E-state index in [2.05, 4.69) is 35.5 Å². The Kier molecular flexibility index (Phi) is 6.54. The maximum absolute atomic E-state index is 12.0. The van der Waals surface area contributed by atoms with Crippen LogP contribution in [-0.4, -0.2) is 44.2 Å². The van der Waals surface area contributed by atoms with Crippen LogP contribution in [0.5, 0.6) is 0 Å². The standard InChI is InChI=1S/C22H21FN6O3S/c1-22(2,31)19-26-11-14(12-27-19)13-9-15(16-5-3-4-6-24-16)18-17(10-13)28-21(33-18)29-20(30)25-7-8-32-23/h3-6,9-12,31H,7-8H2,1-2H3,(H2,25,28,29,30). The van der Waals surface area contributed by atoms with E-state index < -0.39 is 11.6 Å². The zero-order valence-corrected chi connectivity index (χ0v) is 18.7. The number of fused-ring (bicyclic) bond motifs is 1. The number of thiazole rings is 1. The molecule has 0 bridgehead atoms. The summed E-state index contributed by atoms with van der Waals surface area (Å²) in [7, 11) is 0. The topological polar surface area (TPSA) is 122 Å². The van der Waals surface area contributed by atoms with Crippen molar-refractivity contribution in [1.29, 1.82) is 0 Å². The molecule has 170 valence electrons. The van der Waals surface area contributed by atoms with Crippen molar-refractivity contribution in [2.45, 2.75) is 19.4 Å². The molecule has 0 saturated carbocycles. The van der Waals surface area contributed by atoms with Crippen molar-refractivity contribution in [3.8, 4) is 22.4 Å². The van der Waals surface area contributed by atoms with E-state index in [-0.39, 0.29) is 13.2 Å². The van der Waals surface area contributed by atoms with Gasteiger partial charge in [-0.25, -0.2) is 19.7 Å². The van der Waals surface area contributed by atoms with Gasteiger partial charge in [0.15, 0.2) is 11.0 Å². The quantitative estimate of drug-likeness (QED) is 0.350. The molecule has 2 amide bonds. The summed E-state index contributed by atoms with van der Waals surface area (Å²) in [6, 6.07) is 8.94. The lowest BCUT2D eigenvalue weighted by Gasteiger charge is -2.15. The van der Waals surface area contributed by atoms with Crippen LogP contribution in [0.1, 0.15) is 19.7 Å². The van der Waals surface area contributed by atoms with Gasteiger partial charge in [0.25, 0.3) is 0 Å². The molecule has 0 radical (unpaired) electrons. The molecule has 0 aliphatic carbocycles. The summed E-state index contributed by atoms with van der Waals surface area (Å²) in [6.07, 6.45) is 5.00. The fraction of sp³-hybridized carbons (Fsp3) is 0.227. The molecule has 11 heteroatoms. The van der Waals surface area contributed by atoms with Crippen molar-refractivity contribution in [3.05, 3.63) is 54.7 Å². The molecule has 0 aliphatic heterocycles. The zero-order valence-electron chi connectivity index (χ0n) is 17.9. The zero-order chi connectivity index (χ0) is 23.4. The van der Waals surface area contributed by atoms with Crippen LogP contribution in [0.25, 0.3) is 32.6 Å². The Labute approximate surface area is 192 Å². The number of urea groups is 1. The first kappa shape index (κ1) is 22.6. The summed E-state index contributed by atoms with van der Waals surface area (Å²) >= 11 is 1.30. The Morgan fingerprint density at radius 2 is 1.97 bits per heavy atom. The van der Waals surface area contributed by atoms with Crippen LogP contribution in [0, 0.1) is 0 Å². The number of halogens is 1. The van der Waals surface area contributed by atoms with Gasteiger partial charge in [-0.1, -0.05) is 17.4 Å². The average Bonchev–Trinajstić information content (AvgIpc) is 3.21. The molecule has 4 rings (SSSR count). The number of carbonyl (C=O) groups excluding carboxylic acids is 1. The van der Waals surface area contributed by atoms with Gasteiger partial charge in [-0.3, -0.25) is 10.3 Å². The van der Waals surface area contributed by atoms with E-state index in [0.29, 0.717) is 16.5 Å². The van der Waals surface area contributed by atoms with Crippen LogP contribution in [0.2, 0.25) is 0 Å². The molecule has 9 nitrogen and oxygen atoms in total. The number of nitrogens with one attached hydrogen (secondary N) is 2. The second-order valence-corrected chi connectivity index (χ2v) is 8.65. The smallest absolute Gasteiger partial charge is 0.321 e. The predicted octanol–water partition coefficient (Wildman–Crippen LogP) is 4.07. The van der Waals surface area contributed by atoms with Crippen molar-refractivity contribution < 1.29 is 19.4 Å². The second-order valence-electron chi connectivity index (χ2n) is 7.65. The number of carbonyl (C=O) groups is 1. The fourth-order valence-corrected chi connectivity index (χ4v) is 4.07. The number of hydrogen-bond donors (Lipinski definition) is 3. The Morgan fingerprint density at radius 3 is 2.64 bits per heavy atom. The van der Waals surface area contributed by atoms with Gasteiger partial charge in [-0.05, 0) is 48.2 Å². The highest BCUT2D eigenvalue weighted by Crippen LogP contribution is 2.38. The third-order valence-corrected chi connectivity index (χ3v) is 5.67. The normalized spacial score (nSPS) is 11.5. The highest BCUT2D eigenvalue weighted by Gasteiger charge is 2.20. The Bertz CT molecular complexity index is 1260. The molecule has 0 aliphatic rings. The molecule has 3 N–H and O–H groups in total. The van der Waals surface area contributed by atoms with E-state index in [4.69, 9.17) is 0 Å². The monoisotopic (exact) mass is 468 g/mol. The van der Waals surface area contributed by atoms with Crippen LogP contribution in [0.3, 0.4) is 0 Å². The molecule has 3 heterocycles. The molecule has 33 heavy (non-hydrogen) atoms. The number of anilines is 1. The largest absolute Gasteiger partial charge is 0.382 e. The maximum Gasteiger partial charge on any atom is 0.321 e. The van der Waals surface area contributed by atoms with Crippen molar-refractivity contribution in [2.75, 3.05) is 18.5 Å². The summed E-state index contributed by atoms with van der Waals surface area (Å²) < 4.78 is 12.6. The fourth-order valence-electron chi connectivity index (χ4n) is 3.10. The van der Waals surface area contributed by atoms with Gasteiger partial charge in [-0.2, -0.15) is 4.94 Å². The van der Waals surface area contributed by atoms with Crippen molar-refractivity contribution in [2.24, 2.45) is 0 Å². The highest BCUT2D eigenvalue weighted by molar-refractivity contribution is 7.22. The number of aromatic nitrogens is 4. The summed E-state index contributed by atoms with van der Waals surface area (Å²) in [5.74, 6) is 0.321. The van der Waals surface area contributed by atoms with Gasteiger partial charge in [0, 0.05) is 36.3 Å². The number of pyridine rings is 1. The third kappa shape index (κ3) is 5.28. The molecule has 0 spiro atoms. The molecule has 3 aromatic heterocycles. The van der Waals surface area contributed by atoms with Gasteiger partial charge >= 0.3 is 6.03 Å². The lowest BCUT2D eigenvalue weighted by Crippen LogP contribution is -2.31. The van der Waals surface area contributed by atoms with Crippen molar-refractivity contribution in [1.82, 2.24) is 25.3 Å². The maximum atomic E-state index is 12.0. The van der Waals surface area contributed by atoms with Crippen molar-refractivity contribution >= 4 is 32.7 Å². The van der Waals surface area contributed by atoms with Gasteiger partial charge in [0.1, 0.15) is 12.2 Å².